The molecule has 144 valence electrons. The zero-order valence-corrected chi connectivity index (χ0v) is 16.5. The Morgan fingerprint density at radius 1 is 0.821 bits per heavy atom. The molecule has 0 fully saturated rings. The van der Waals surface area contributed by atoms with Crippen LogP contribution in [-0.4, -0.2) is 6.04 Å². The van der Waals surface area contributed by atoms with Gasteiger partial charge in [0.05, 0.1) is 6.04 Å². The lowest BCUT2D eigenvalue weighted by Gasteiger charge is -2.22. The van der Waals surface area contributed by atoms with Gasteiger partial charge in [-0.1, -0.05) is 116 Å². The topological polar surface area (TPSA) is 21.3 Å². The summed E-state index contributed by atoms with van der Waals surface area (Å²) in [6.07, 6.45) is 7.33. The molecule has 0 spiro atoms. The molecule has 0 unspecified atom stereocenters. The monoisotopic (exact) mass is 371 g/mol. The predicted octanol–water partition coefficient (Wildman–Crippen LogP) is 6.37. The van der Waals surface area contributed by atoms with Crippen molar-refractivity contribution in [3.8, 4) is 0 Å². The summed E-state index contributed by atoms with van der Waals surface area (Å²) < 4.78 is 0. The fourth-order valence-electron chi connectivity index (χ4n) is 3.20. The second-order valence-electron chi connectivity index (χ2n) is 6.99. The minimum absolute atomic E-state index is 0.0506. The lowest BCUT2D eigenvalue weighted by atomic mass is 10.0. The number of rotatable bonds is 10. The zero-order valence-electron chi connectivity index (χ0n) is 16.5. The Hall–Kier alpha value is -2.68. The van der Waals surface area contributed by atoms with Crippen LogP contribution in [0.5, 0.6) is 0 Å². The smallest absolute Gasteiger partial charge is 0.104 e. The van der Waals surface area contributed by atoms with Crippen LogP contribution in [0, 0.1) is 0 Å². The molecular weight excluding hydrogens is 342 g/mol. The quantitative estimate of drug-likeness (QED) is 0.418. The molecule has 0 saturated carbocycles. The van der Waals surface area contributed by atoms with E-state index in [1.165, 1.54) is 16.7 Å². The Morgan fingerprint density at radius 2 is 1.43 bits per heavy atom. The number of hydrogen-bond acceptors (Lipinski definition) is 2. The summed E-state index contributed by atoms with van der Waals surface area (Å²) in [5.74, 6) is 0. The van der Waals surface area contributed by atoms with Crippen LogP contribution < -0.4 is 5.48 Å². The van der Waals surface area contributed by atoms with E-state index in [-0.39, 0.29) is 12.1 Å². The molecule has 0 aliphatic heterocycles. The van der Waals surface area contributed by atoms with Crippen molar-refractivity contribution in [2.75, 3.05) is 0 Å². The highest BCUT2D eigenvalue weighted by Gasteiger charge is 2.14. The molecule has 0 radical (unpaired) electrons. The normalized spacial score (nSPS) is 13.5. The van der Waals surface area contributed by atoms with Gasteiger partial charge < -0.3 is 0 Å². The van der Waals surface area contributed by atoms with Gasteiger partial charge in [-0.05, 0) is 29.5 Å². The minimum atomic E-state index is 0.0506. The molecule has 1 N–H and O–H groups in total. The second kappa shape index (κ2) is 11.2. The van der Waals surface area contributed by atoms with Crippen molar-refractivity contribution < 1.29 is 4.84 Å². The maximum atomic E-state index is 6.19. The molecule has 0 bridgehead atoms. The molecule has 3 aromatic rings. The Morgan fingerprint density at radius 3 is 2.07 bits per heavy atom. The molecule has 0 aromatic heterocycles. The molecule has 28 heavy (non-hydrogen) atoms. The molecule has 0 saturated heterocycles. The van der Waals surface area contributed by atoms with Crippen LogP contribution in [0.15, 0.2) is 97.1 Å². The molecule has 0 heterocycles. The third kappa shape index (κ3) is 6.49. The average molecular weight is 372 g/mol. The molecule has 0 aliphatic carbocycles. The highest BCUT2D eigenvalue weighted by molar-refractivity contribution is 5.49. The van der Waals surface area contributed by atoms with Gasteiger partial charge in [-0.25, -0.2) is 0 Å². The summed E-state index contributed by atoms with van der Waals surface area (Å²) in [7, 11) is 0. The van der Waals surface area contributed by atoms with Crippen LogP contribution in [0.25, 0.3) is 6.08 Å². The predicted molar refractivity (Wildman–Crippen MR) is 118 cm³/mol. The number of benzene rings is 3. The molecule has 2 nitrogen and oxygen atoms in total. The van der Waals surface area contributed by atoms with Gasteiger partial charge in [-0.15, -0.1) is 0 Å². The summed E-state index contributed by atoms with van der Waals surface area (Å²) in [5.41, 5.74) is 7.02. The van der Waals surface area contributed by atoms with E-state index >= 15 is 0 Å². The maximum absolute atomic E-state index is 6.19. The van der Waals surface area contributed by atoms with E-state index in [0.29, 0.717) is 0 Å². The van der Waals surface area contributed by atoms with E-state index in [1.54, 1.807) is 0 Å². The first-order valence-corrected chi connectivity index (χ1v) is 10.1. The SMILES string of the molecule is CCC[C@@H](ON[C@@H](/C=C/c1ccccc1)Cc1ccccc1)c1ccccc1. The number of hydrogen-bond donors (Lipinski definition) is 1. The maximum Gasteiger partial charge on any atom is 0.104 e. The van der Waals surface area contributed by atoms with Crippen LogP contribution >= 0.6 is 0 Å². The second-order valence-corrected chi connectivity index (χ2v) is 6.99. The first kappa shape index (κ1) is 20.1. The molecule has 0 amide bonds. The largest absolute Gasteiger partial charge is 0.293 e. The van der Waals surface area contributed by atoms with E-state index in [0.717, 1.165) is 19.3 Å². The van der Waals surface area contributed by atoms with Crippen molar-refractivity contribution in [3.63, 3.8) is 0 Å². The Bertz CT molecular complexity index is 815. The van der Waals surface area contributed by atoms with Crippen LogP contribution in [0.1, 0.15) is 42.6 Å². The Balaban J connectivity index is 1.71. The Kier molecular flexibility index (Phi) is 8.05. The summed E-state index contributed by atoms with van der Waals surface area (Å²) >= 11 is 0. The van der Waals surface area contributed by atoms with Gasteiger partial charge in [-0.3, -0.25) is 4.84 Å². The fraction of sp³-hybridized carbons (Fsp3) is 0.231. The van der Waals surface area contributed by atoms with Crippen LogP contribution in [0.2, 0.25) is 0 Å². The van der Waals surface area contributed by atoms with Gasteiger partial charge in [0.1, 0.15) is 6.10 Å². The minimum Gasteiger partial charge on any atom is -0.293 e. The lowest BCUT2D eigenvalue weighted by Crippen LogP contribution is -2.31. The lowest BCUT2D eigenvalue weighted by molar-refractivity contribution is -0.0422. The van der Waals surface area contributed by atoms with Crippen molar-refractivity contribution in [3.05, 3.63) is 114 Å². The van der Waals surface area contributed by atoms with Crippen LogP contribution in [-0.2, 0) is 11.3 Å². The first-order chi connectivity index (χ1) is 13.8. The van der Waals surface area contributed by atoms with Gasteiger partial charge in [-0.2, -0.15) is 5.48 Å². The van der Waals surface area contributed by atoms with Gasteiger partial charge in [0.15, 0.2) is 0 Å². The van der Waals surface area contributed by atoms with Crippen molar-refractivity contribution in [2.24, 2.45) is 0 Å². The molecule has 3 aromatic carbocycles. The van der Waals surface area contributed by atoms with E-state index in [4.69, 9.17) is 4.84 Å². The molecular formula is C26H29NO. The van der Waals surface area contributed by atoms with E-state index in [2.05, 4.69) is 103 Å². The molecule has 0 aliphatic rings. The highest BCUT2D eigenvalue weighted by Crippen LogP contribution is 2.22. The third-order valence-corrected chi connectivity index (χ3v) is 4.70. The summed E-state index contributed by atoms with van der Waals surface area (Å²) in [5, 5.41) is 0. The van der Waals surface area contributed by atoms with Crippen molar-refractivity contribution >= 4 is 6.08 Å². The van der Waals surface area contributed by atoms with Crippen molar-refractivity contribution in [1.29, 1.82) is 0 Å². The average Bonchev–Trinajstić information content (AvgIpc) is 2.76. The molecule has 2 heteroatoms. The fourth-order valence-corrected chi connectivity index (χ4v) is 3.20. The van der Waals surface area contributed by atoms with Gasteiger partial charge >= 0.3 is 0 Å². The first-order valence-electron chi connectivity index (χ1n) is 10.1. The van der Waals surface area contributed by atoms with E-state index in [1.807, 2.05) is 12.1 Å². The zero-order chi connectivity index (χ0) is 19.4. The summed E-state index contributed by atoms with van der Waals surface area (Å²) in [4.78, 5) is 6.19. The standard InChI is InChI=1S/C26H29NO/c1-2-12-26(24-17-10-5-11-18-24)28-27-25(21-23-15-8-4-9-16-23)20-19-22-13-6-3-7-14-22/h3-11,13-20,25-27H,2,12,21H2,1H3/b20-19+/t25-,26+/m0/s1. The van der Waals surface area contributed by atoms with Gasteiger partial charge in [0.2, 0.25) is 0 Å². The molecule has 2 atom stereocenters. The number of nitrogens with one attached hydrogen (secondary N) is 1. The highest BCUT2D eigenvalue weighted by atomic mass is 16.7. The van der Waals surface area contributed by atoms with E-state index < -0.39 is 0 Å². The van der Waals surface area contributed by atoms with Crippen LogP contribution in [0.3, 0.4) is 0 Å². The van der Waals surface area contributed by atoms with Crippen molar-refractivity contribution in [2.45, 2.75) is 38.3 Å². The summed E-state index contributed by atoms with van der Waals surface area (Å²) in [6.45, 7) is 2.19. The summed E-state index contributed by atoms with van der Waals surface area (Å²) in [6, 6.07) is 31.4. The number of hydroxylamine groups is 1. The van der Waals surface area contributed by atoms with Crippen LogP contribution in [0.4, 0.5) is 0 Å². The molecule has 3 rings (SSSR count). The van der Waals surface area contributed by atoms with E-state index in [9.17, 15) is 0 Å². The van der Waals surface area contributed by atoms with Gasteiger partial charge in [0, 0.05) is 0 Å². The Labute approximate surface area is 168 Å². The van der Waals surface area contributed by atoms with Gasteiger partial charge in [0.25, 0.3) is 0 Å². The van der Waals surface area contributed by atoms with Crippen molar-refractivity contribution in [1.82, 2.24) is 5.48 Å². The third-order valence-electron chi connectivity index (χ3n) is 4.70.